The van der Waals surface area contributed by atoms with Gasteiger partial charge in [-0.25, -0.2) is 9.78 Å². The highest BCUT2D eigenvalue weighted by Crippen LogP contribution is 2.43. The molecule has 2 heterocycles. The van der Waals surface area contributed by atoms with Crippen LogP contribution in [-0.2, 0) is 11.3 Å². The molecule has 5 nitrogen and oxygen atoms in total. The Morgan fingerprint density at radius 3 is 2.39 bits per heavy atom. The highest BCUT2D eigenvalue weighted by Gasteiger charge is 2.35. The van der Waals surface area contributed by atoms with Crippen molar-refractivity contribution in [3.8, 4) is 0 Å². The Bertz CT molecular complexity index is 1190. The second-order valence-electron chi connectivity index (χ2n) is 8.04. The summed E-state index contributed by atoms with van der Waals surface area (Å²) >= 11 is 0. The van der Waals surface area contributed by atoms with E-state index in [2.05, 4.69) is 43.1 Å². The average Bonchev–Trinajstić information content (AvgIpc) is 3.02. The van der Waals surface area contributed by atoms with Crippen LogP contribution in [0.25, 0.3) is 11.1 Å². The fourth-order valence-corrected chi connectivity index (χ4v) is 4.05. The maximum Gasteiger partial charge on any atom is 0.354 e. The first-order valence-electron chi connectivity index (χ1n) is 10.3. The number of aryl methyl sites for hydroxylation is 1. The molecule has 0 bridgehead atoms. The van der Waals surface area contributed by atoms with Gasteiger partial charge in [-0.3, -0.25) is 4.79 Å². The van der Waals surface area contributed by atoms with E-state index in [1.807, 2.05) is 31.2 Å². The van der Waals surface area contributed by atoms with Crippen LogP contribution in [-0.4, -0.2) is 22.0 Å². The van der Waals surface area contributed by atoms with Crippen molar-refractivity contribution in [3.63, 3.8) is 0 Å². The summed E-state index contributed by atoms with van der Waals surface area (Å²) in [4.78, 5) is 30.9. The number of aromatic nitrogens is 1. The minimum atomic E-state index is -1.09. The summed E-state index contributed by atoms with van der Waals surface area (Å²) in [6.07, 6.45) is 0. The van der Waals surface area contributed by atoms with E-state index in [1.54, 1.807) is 17.0 Å². The van der Waals surface area contributed by atoms with Crippen molar-refractivity contribution in [1.82, 2.24) is 4.98 Å². The van der Waals surface area contributed by atoms with Crippen LogP contribution in [0.3, 0.4) is 0 Å². The van der Waals surface area contributed by atoms with Crippen LogP contribution in [0.2, 0.25) is 0 Å². The number of carbonyl (C=O) groups is 2. The first kappa shape index (κ1) is 20.5. The topological polar surface area (TPSA) is 70.5 Å². The molecule has 0 saturated heterocycles. The second kappa shape index (κ2) is 8.19. The maximum absolute atomic E-state index is 13.7. The second-order valence-corrected chi connectivity index (χ2v) is 8.04. The van der Waals surface area contributed by atoms with Gasteiger partial charge in [0, 0.05) is 5.56 Å². The number of allylic oxidation sites excluding steroid dienone is 1. The molecule has 156 valence electrons. The van der Waals surface area contributed by atoms with E-state index in [0.717, 1.165) is 22.4 Å². The summed E-state index contributed by atoms with van der Waals surface area (Å²) in [5, 5.41) is 9.25. The highest BCUT2D eigenvalue weighted by molar-refractivity contribution is 6.37. The SMILES string of the molecule is Cc1ccc(/C(=C2/C(=O)N(Cc3cccc(C(=O)O)n3)c3ccccc32)C(C)C)cc1. The van der Waals surface area contributed by atoms with Crippen molar-refractivity contribution in [2.75, 3.05) is 4.90 Å². The fourth-order valence-electron chi connectivity index (χ4n) is 4.05. The molecular formula is C26H24N2O3. The number of fused-ring (bicyclic) bond motifs is 1. The Hall–Kier alpha value is -3.73. The van der Waals surface area contributed by atoms with Crippen molar-refractivity contribution in [2.45, 2.75) is 27.3 Å². The molecule has 0 fully saturated rings. The first-order chi connectivity index (χ1) is 14.9. The molecule has 0 atom stereocenters. The van der Waals surface area contributed by atoms with Crippen molar-refractivity contribution >= 4 is 28.7 Å². The predicted molar refractivity (Wildman–Crippen MR) is 122 cm³/mol. The minimum Gasteiger partial charge on any atom is -0.477 e. The summed E-state index contributed by atoms with van der Waals surface area (Å²) < 4.78 is 0. The number of nitrogens with zero attached hydrogens (tertiary/aromatic N) is 2. The van der Waals surface area contributed by atoms with Crippen LogP contribution >= 0.6 is 0 Å². The smallest absolute Gasteiger partial charge is 0.354 e. The number of carboxylic acid groups (broad SMARTS) is 1. The van der Waals surface area contributed by atoms with Crippen molar-refractivity contribution in [3.05, 3.63) is 94.8 Å². The van der Waals surface area contributed by atoms with Crippen molar-refractivity contribution in [2.24, 2.45) is 5.92 Å². The van der Waals surface area contributed by atoms with E-state index in [-0.39, 0.29) is 24.1 Å². The maximum atomic E-state index is 13.7. The molecule has 2 aromatic carbocycles. The molecule has 1 aliphatic rings. The van der Waals surface area contributed by atoms with E-state index in [1.165, 1.54) is 11.6 Å². The average molecular weight is 412 g/mol. The summed E-state index contributed by atoms with van der Waals surface area (Å²) in [5.41, 5.74) is 6.12. The Kier molecular flexibility index (Phi) is 5.42. The molecule has 1 N–H and O–H groups in total. The Morgan fingerprint density at radius 2 is 1.71 bits per heavy atom. The van der Waals surface area contributed by atoms with E-state index in [9.17, 15) is 14.7 Å². The van der Waals surface area contributed by atoms with Gasteiger partial charge < -0.3 is 10.0 Å². The lowest BCUT2D eigenvalue weighted by Crippen LogP contribution is -2.27. The van der Waals surface area contributed by atoms with E-state index in [4.69, 9.17) is 0 Å². The molecule has 0 spiro atoms. The molecule has 1 amide bonds. The zero-order valence-electron chi connectivity index (χ0n) is 17.8. The van der Waals surface area contributed by atoms with Gasteiger partial charge in [0.25, 0.3) is 5.91 Å². The van der Waals surface area contributed by atoms with Crippen LogP contribution < -0.4 is 4.90 Å². The Balaban J connectivity index is 1.84. The Morgan fingerprint density at radius 1 is 1.00 bits per heavy atom. The van der Waals surface area contributed by atoms with E-state index in [0.29, 0.717) is 11.3 Å². The molecule has 3 aromatic rings. The number of anilines is 1. The molecule has 5 heteroatoms. The lowest BCUT2D eigenvalue weighted by Gasteiger charge is -2.18. The normalized spacial score (nSPS) is 14.7. The molecule has 1 aromatic heterocycles. The highest BCUT2D eigenvalue weighted by atomic mass is 16.4. The van der Waals surface area contributed by atoms with Gasteiger partial charge in [-0.1, -0.05) is 67.9 Å². The van der Waals surface area contributed by atoms with Crippen LogP contribution in [0.4, 0.5) is 5.69 Å². The van der Waals surface area contributed by atoms with Crippen LogP contribution in [0, 0.1) is 12.8 Å². The van der Waals surface area contributed by atoms with Gasteiger partial charge in [0.1, 0.15) is 5.69 Å². The van der Waals surface area contributed by atoms with Crippen molar-refractivity contribution < 1.29 is 14.7 Å². The molecule has 31 heavy (non-hydrogen) atoms. The largest absolute Gasteiger partial charge is 0.477 e. The molecule has 0 aliphatic carbocycles. The molecular weight excluding hydrogens is 388 g/mol. The van der Waals surface area contributed by atoms with E-state index >= 15 is 0 Å². The number of benzene rings is 2. The van der Waals surface area contributed by atoms with Gasteiger partial charge in [0.05, 0.1) is 23.5 Å². The fraction of sp³-hybridized carbons (Fsp3) is 0.192. The summed E-state index contributed by atoms with van der Waals surface area (Å²) in [5.74, 6) is -1.03. The number of rotatable bonds is 5. The zero-order valence-corrected chi connectivity index (χ0v) is 17.8. The quantitative estimate of drug-likeness (QED) is 0.585. The van der Waals surface area contributed by atoms with Crippen LogP contribution in [0.5, 0.6) is 0 Å². The van der Waals surface area contributed by atoms with Gasteiger partial charge in [0.15, 0.2) is 0 Å². The van der Waals surface area contributed by atoms with Gasteiger partial charge in [0.2, 0.25) is 0 Å². The summed E-state index contributed by atoms with van der Waals surface area (Å²) in [6.45, 7) is 6.44. The van der Waals surface area contributed by atoms with Crippen molar-refractivity contribution in [1.29, 1.82) is 0 Å². The molecule has 1 aliphatic heterocycles. The lowest BCUT2D eigenvalue weighted by molar-refractivity contribution is -0.113. The van der Waals surface area contributed by atoms with Gasteiger partial charge in [-0.2, -0.15) is 0 Å². The summed E-state index contributed by atoms with van der Waals surface area (Å²) in [7, 11) is 0. The van der Waals surface area contributed by atoms with Gasteiger partial charge in [-0.05, 0) is 42.2 Å². The molecule has 4 rings (SSSR count). The number of hydrogen-bond acceptors (Lipinski definition) is 3. The standard InChI is InChI=1S/C26H24N2O3/c1-16(2)23(18-13-11-17(3)12-14-18)24-20-8-4-5-10-22(20)28(25(24)29)15-19-7-6-9-21(27-19)26(30)31/h4-14,16H,15H2,1-3H3,(H,30,31)/b24-23+. The Labute approximate surface area is 181 Å². The molecule has 0 unspecified atom stereocenters. The minimum absolute atomic E-state index is 0.0317. The van der Waals surface area contributed by atoms with Gasteiger partial charge >= 0.3 is 5.97 Å². The number of carboxylic acids is 1. The number of hydrogen-bond donors (Lipinski definition) is 1. The predicted octanol–water partition coefficient (Wildman–Crippen LogP) is 5.20. The molecule has 0 radical (unpaired) electrons. The third kappa shape index (κ3) is 3.87. The third-order valence-corrected chi connectivity index (χ3v) is 5.48. The third-order valence-electron chi connectivity index (χ3n) is 5.48. The van der Waals surface area contributed by atoms with Gasteiger partial charge in [-0.15, -0.1) is 0 Å². The lowest BCUT2D eigenvalue weighted by atomic mass is 9.87. The van der Waals surface area contributed by atoms with Crippen LogP contribution in [0.15, 0.2) is 66.7 Å². The monoisotopic (exact) mass is 412 g/mol. The number of aromatic carboxylic acids is 1. The first-order valence-corrected chi connectivity index (χ1v) is 10.3. The van der Waals surface area contributed by atoms with E-state index < -0.39 is 5.97 Å². The number of carbonyl (C=O) groups excluding carboxylic acids is 1. The molecule has 0 saturated carbocycles. The number of pyridine rings is 1. The zero-order chi connectivity index (χ0) is 22.1. The van der Waals surface area contributed by atoms with Crippen LogP contribution in [0.1, 0.15) is 46.7 Å². The number of para-hydroxylation sites is 1. The summed E-state index contributed by atoms with van der Waals surface area (Å²) in [6, 6.07) is 20.8. The number of amides is 1.